The van der Waals surface area contributed by atoms with Crippen LogP contribution < -0.4 is 15.5 Å². The molecular weight excluding hydrogens is 348 g/mol. The van der Waals surface area contributed by atoms with Crippen molar-refractivity contribution in [1.29, 1.82) is 0 Å². The van der Waals surface area contributed by atoms with Crippen LogP contribution in [0.5, 0.6) is 0 Å². The summed E-state index contributed by atoms with van der Waals surface area (Å²) in [5.74, 6) is 0. The van der Waals surface area contributed by atoms with Crippen LogP contribution in [0, 0.1) is 6.92 Å². The van der Waals surface area contributed by atoms with Gasteiger partial charge in [0.2, 0.25) is 0 Å². The second kappa shape index (κ2) is 7.31. The van der Waals surface area contributed by atoms with Gasteiger partial charge >= 0.3 is 6.03 Å². The highest BCUT2D eigenvalue weighted by molar-refractivity contribution is 7.18. The van der Waals surface area contributed by atoms with E-state index in [-0.39, 0.29) is 6.03 Å². The van der Waals surface area contributed by atoms with Crippen molar-refractivity contribution in [1.82, 2.24) is 4.98 Å². The van der Waals surface area contributed by atoms with Crippen LogP contribution in [0.3, 0.4) is 0 Å². The fourth-order valence-electron chi connectivity index (χ4n) is 2.99. The molecule has 0 spiro atoms. The van der Waals surface area contributed by atoms with E-state index < -0.39 is 0 Å². The highest BCUT2D eigenvalue weighted by atomic mass is 32.1. The Kier molecular flexibility index (Phi) is 4.73. The number of anilines is 3. The highest BCUT2D eigenvalue weighted by Gasteiger charge is 2.11. The van der Waals surface area contributed by atoms with Gasteiger partial charge in [0.1, 0.15) is 0 Å². The lowest BCUT2D eigenvalue weighted by Crippen LogP contribution is -2.36. The number of morpholine rings is 1. The molecule has 1 aromatic heterocycles. The zero-order valence-electron chi connectivity index (χ0n) is 14.5. The number of hydrogen-bond acceptors (Lipinski definition) is 5. The van der Waals surface area contributed by atoms with Gasteiger partial charge in [0, 0.05) is 30.2 Å². The van der Waals surface area contributed by atoms with E-state index >= 15 is 0 Å². The summed E-state index contributed by atoms with van der Waals surface area (Å²) < 4.78 is 6.49. The predicted octanol–water partition coefficient (Wildman–Crippen LogP) is 4.09. The van der Waals surface area contributed by atoms with Crippen LogP contribution in [0.1, 0.15) is 5.01 Å². The first kappa shape index (κ1) is 16.8. The number of urea groups is 1. The summed E-state index contributed by atoms with van der Waals surface area (Å²) in [5, 5.41) is 6.74. The molecule has 0 saturated carbocycles. The number of nitrogens with zero attached hydrogens (tertiary/aromatic N) is 2. The summed E-state index contributed by atoms with van der Waals surface area (Å²) >= 11 is 1.64. The minimum absolute atomic E-state index is 0.268. The Morgan fingerprint density at radius 3 is 2.54 bits per heavy atom. The zero-order valence-corrected chi connectivity index (χ0v) is 15.3. The normalized spacial score (nSPS) is 14.4. The fraction of sp³-hybridized carbons (Fsp3) is 0.263. The lowest BCUT2D eigenvalue weighted by atomic mass is 10.2. The average Bonchev–Trinajstić information content (AvgIpc) is 3.02. The minimum atomic E-state index is -0.268. The second-order valence-electron chi connectivity index (χ2n) is 6.14. The summed E-state index contributed by atoms with van der Waals surface area (Å²) in [6, 6.07) is 13.4. The first-order chi connectivity index (χ1) is 12.7. The van der Waals surface area contributed by atoms with E-state index in [2.05, 4.69) is 20.5 Å². The molecule has 0 atom stereocenters. The van der Waals surface area contributed by atoms with Crippen molar-refractivity contribution in [3.63, 3.8) is 0 Å². The van der Waals surface area contributed by atoms with E-state index in [0.717, 1.165) is 58.6 Å². The van der Waals surface area contributed by atoms with Crippen LogP contribution in [0.15, 0.2) is 42.5 Å². The minimum Gasteiger partial charge on any atom is -0.378 e. The van der Waals surface area contributed by atoms with Crippen molar-refractivity contribution >= 4 is 44.6 Å². The standard InChI is InChI=1S/C19H20N4O2S/c1-13-20-17-12-15(4-7-18(17)26-13)22-19(24)21-14-2-5-16(6-3-14)23-8-10-25-11-9-23/h2-7,12H,8-11H2,1H3,(H2,21,22,24). The van der Waals surface area contributed by atoms with E-state index in [1.165, 1.54) is 0 Å². The Morgan fingerprint density at radius 2 is 1.77 bits per heavy atom. The molecule has 1 saturated heterocycles. The monoisotopic (exact) mass is 368 g/mol. The van der Waals surface area contributed by atoms with Gasteiger partial charge in [-0.3, -0.25) is 0 Å². The van der Waals surface area contributed by atoms with E-state index in [0.29, 0.717) is 0 Å². The van der Waals surface area contributed by atoms with Crippen LogP contribution in [0.25, 0.3) is 10.2 Å². The lowest BCUT2D eigenvalue weighted by molar-refractivity contribution is 0.122. The van der Waals surface area contributed by atoms with Crippen molar-refractivity contribution in [2.24, 2.45) is 0 Å². The number of amides is 2. The molecule has 134 valence electrons. The van der Waals surface area contributed by atoms with Gasteiger partial charge in [0.05, 0.1) is 28.4 Å². The van der Waals surface area contributed by atoms with Crippen LogP contribution >= 0.6 is 11.3 Å². The molecule has 1 aliphatic rings. The lowest BCUT2D eigenvalue weighted by Gasteiger charge is -2.28. The van der Waals surface area contributed by atoms with Gasteiger partial charge in [-0.05, 0) is 49.4 Å². The van der Waals surface area contributed by atoms with E-state index in [9.17, 15) is 4.79 Å². The Bertz CT molecular complexity index is 917. The zero-order chi connectivity index (χ0) is 17.9. The van der Waals surface area contributed by atoms with E-state index in [1.807, 2.05) is 49.4 Å². The number of benzene rings is 2. The summed E-state index contributed by atoms with van der Waals surface area (Å²) in [6.07, 6.45) is 0. The van der Waals surface area contributed by atoms with Crippen molar-refractivity contribution < 1.29 is 9.53 Å². The van der Waals surface area contributed by atoms with Gasteiger partial charge in [-0.2, -0.15) is 0 Å². The Balaban J connectivity index is 1.38. The molecule has 0 unspecified atom stereocenters. The van der Waals surface area contributed by atoms with Crippen LogP contribution in [0.2, 0.25) is 0 Å². The highest BCUT2D eigenvalue weighted by Crippen LogP contribution is 2.24. The van der Waals surface area contributed by atoms with Crippen molar-refractivity contribution in [2.75, 3.05) is 41.8 Å². The Morgan fingerprint density at radius 1 is 1.08 bits per heavy atom. The van der Waals surface area contributed by atoms with Gasteiger partial charge < -0.3 is 20.3 Å². The number of rotatable bonds is 3. The molecule has 1 fully saturated rings. The summed E-state index contributed by atoms with van der Waals surface area (Å²) in [6.45, 7) is 5.28. The van der Waals surface area contributed by atoms with Crippen LogP contribution in [-0.2, 0) is 4.74 Å². The maximum absolute atomic E-state index is 12.2. The molecule has 4 rings (SSSR count). The number of carbonyl (C=O) groups excluding carboxylic acids is 1. The van der Waals surface area contributed by atoms with Gasteiger partial charge in [0.15, 0.2) is 0 Å². The maximum atomic E-state index is 12.2. The Hall–Kier alpha value is -2.64. The second-order valence-corrected chi connectivity index (χ2v) is 7.38. The third kappa shape index (κ3) is 3.79. The third-order valence-corrected chi connectivity index (χ3v) is 5.21. The molecule has 2 N–H and O–H groups in total. The smallest absolute Gasteiger partial charge is 0.323 e. The third-order valence-electron chi connectivity index (χ3n) is 4.25. The van der Waals surface area contributed by atoms with Crippen molar-refractivity contribution in [3.05, 3.63) is 47.5 Å². The van der Waals surface area contributed by atoms with Gasteiger partial charge in [-0.1, -0.05) is 0 Å². The van der Waals surface area contributed by atoms with E-state index in [1.54, 1.807) is 11.3 Å². The summed E-state index contributed by atoms with van der Waals surface area (Å²) in [4.78, 5) is 19.0. The van der Waals surface area contributed by atoms with Crippen molar-refractivity contribution in [2.45, 2.75) is 6.92 Å². The summed E-state index contributed by atoms with van der Waals surface area (Å²) in [7, 11) is 0. The molecule has 1 aliphatic heterocycles. The molecule has 2 aromatic carbocycles. The fourth-order valence-corrected chi connectivity index (χ4v) is 3.80. The molecule has 26 heavy (non-hydrogen) atoms. The maximum Gasteiger partial charge on any atom is 0.323 e. The number of carbonyl (C=O) groups is 1. The van der Waals surface area contributed by atoms with Crippen LogP contribution in [-0.4, -0.2) is 37.3 Å². The van der Waals surface area contributed by atoms with Crippen molar-refractivity contribution in [3.8, 4) is 0 Å². The molecule has 0 bridgehead atoms. The molecule has 7 heteroatoms. The molecule has 2 amide bonds. The Labute approximate surface area is 155 Å². The molecule has 3 aromatic rings. The number of thiazole rings is 1. The van der Waals surface area contributed by atoms with Gasteiger partial charge in [-0.25, -0.2) is 9.78 Å². The van der Waals surface area contributed by atoms with E-state index in [4.69, 9.17) is 4.74 Å². The van der Waals surface area contributed by atoms with Gasteiger partial charge in [0.25, 0.3) is 0 Å². The first-order valence-corrected chi connectivity index (χ1v) is 9.37. The number of nitrogens with one attached hydrogen (secondary N) is 2. The average molecular weight is 368 g/mol. The predicted molar refractivity (Wildman–Crippen MR) is 106 cm³/mol. The molecule has 2 heterocycles. The SMILES string of the molecule is Cc1nc2cc(NC(=O)Nc3ccc(N4CCOCC4)cc3)ccc2s1. The molecule has 0 radical (unpaired) electrons. The molecular formula is C19H20N4O2S. The van der Waals surface area contributed by atoms with Crippen LogP contribution in [0.4, 0.5) is 21.9 Å². The largest absolute Gasteiger partial charge is 0.378 e. The topological polar surface area (TPSA) is 66.5 Å². The van der Waals surface area contributed by atoms with Gasteiger partial charge in [-0.15, -0.1) is 11.3 Å². The summed E-state index contributed by atoms with van der Waals surface area (Å²) in [5.41, 5.74) is 3.53. The first-order valence-electron chi connectivity index (χ1n) is 8.55. The molecule has 6 nitrogen and oxygen atoms in total. The number of aromatic nitrogens is 1. The molecule has 0 aliphatic carbocycles. The number of fused-ring (bicyclic) bond motifs is 1. The number of hydrogen-bond donors (Lipinski definition) is 2. The number of aryl methyl sites for hydroxylation is 1. The quantitative estimate of drug-likeness (QED) is 0.731. The number of ether oxygens (including phenoxy) is 1.